The molecule has 2 rings (SSSR count). The Balaban J connectivity index is 2.05. The minimum Gasteiger partial charge on any atom is -0.496 e. The molecule has 0 radical (unpaired) electrons. The van der Waals surface area contributed by atoms with Gasteiger partial charge in [0.25, 0.3) is 0 Å². The minimum absolute atomic E-state index is 0.175. The molecule has 0 atom stereocenters. The molecule has 30 heavy (non-hydrogen) atoms. The van der Waals surface area contributed by atoms with Crippen LogP contribution in [0.2, 0.25) is 0 Å². The van der Waals surface area contributed by atoms with Gasteiger partial charge in [0.05, 0.1) is 25.2 Å². The smallest absolute Gasteiger partial charge is 0.314 e. The summed E-state index contributed by atoms with van der Waals surface area (Å²) >= 11 is 0. The first kappa shape index (κ1) is 23.0. The maximum atomic E-state index is 12.5. The summed E-state index contributed by atoms with van der Waals surface area (Å²) in [5, 5.41) is 0. The Kier molecular flexibility index (Phi) is 7.64. The van der Waals surface area contributed by atoms with Gasteiger partial charge in [-0.05, 0) is 75.7 Å². The third kappa shape index (κ3) is 5.86. The second-order valence-electron chi connectivity index (χ2n) is 7.70. The van der Waals surface area contributed by atoms with Crippen molar-refractivity contribution in [1.29, 1.82) is 0 Å². The monoisotopic (exact) mass is 412 g/mol. The second kappa shape index (κ2) is 9.96. The maximum Gasteiger partial charge on any atom is 0.314 e. The fourth-order valence-electron chi connectivity index (χ4n) is 2.64. The van der Waals surface area contributed by atoms with Crippen LogP contribution >= 0.6 is 0 Å². The SMILES string of the molecule is COc1ccc(C)c(OC)c1C=CC(=O)c1ccc(OCOC(=O)C(C)(C)C)cc1. The van der Waals surface area contributed by atoms with Crippen LogP contribution in [0.1, 0.15) is 42.3 Å². The Morgan fingerprint density at radius 3 is 2.20 bits per heavy atom. The van der Waals surface area contributed by atoms with E-state index in [0.29, 0.717) is 28.4 Å². The van der Waals surface area contributed by atoms with E-state index in [0.717, 1.165) is 5.56 Å². The van der Waals surface area contributed by atoms with E-state index in [1.165, 1.54) is 6.08 Å². The number of hydrogen-bond acceptors (Lipinski definition) is 6. The van der Waals surface area contributed by atoms with Gasteiger partial charge in [0.2, 0.25) is 6.79 Å². The highest BCUT2D eigenvalue weighted by molar-refractivity contribution is 6.07. The number of ketones is 1. The van der Waals surface area contributed by atoms with Crippen LogP contribution < -0.4 is 14.2 Å². The number of aryl methyl sites for hydroxylation is 1. The van der Waals surface area contributed by atoms with Gasteiger partial charge in [-0.1, -0.05) is 6.07 Å². The average molecular weight is 412 g/mol. The van der Waals surface area contributed by atoms with Gasteiger partial charge in [0.15, 0.2) is 5.78 Å². The van der Waals surface area contributed by atoms with Crippen molar-refractivity contribution in [2.45, 2.75) is 27.7 Å². The van der Waals surface area contributed by atoms with Crippen LogP contribution in [0, 0.1) is 12.3 Å². The van der Waals surface area contributed by atoms with E-state index in [4.69, 9.17) is 18.9 Å². The van der Waals surface area contributed by atoms with Gasteiger partial charge in [0, 0.05) is 5.56 Å². The van der Waals surface area contributed by atoms with E-state index < -0.39 is 5.41 Å². The summed E-state index contributed by atoms with van der Waals surface area (Å²) in [7, 11) is 3.15. The highest BCUT2D eigenvalue weighted by Gasteiger charge is 2.23. The van der Waals surface area contributed by atoms with Crippen LogP contribution in [0.5, 0.6) is 17.2 Å². The molecule has 0 aliphatic carbocycles. The Hall–Kier alpha value is -3.28. The van der Waals surface area contributed by atoms with Gasteiger partial charge in [-0.25, -0.2) is 0 Å². The number of methoxy groups -OCH3 is 2. The van der Waals surface area contributed by atoms with Crippen molar-refractivity contribution in [3.63, 3.8) is 0 Å². The summed E-state index contributed by atoms with van der Waals surface area (Å²) in [5.74, 6) is 1.26. The summed E-state index contributed by atoms with van der Waals surface area (Å²) < 4.78 is 21.3. The van der Waals surface area contributed by atoms with E-state index in [1.807, 2.05) is 19.1 Å². The molecule has 0 aliphatic rings. The summed E-state index contributed by atoms with van der Waals surface area (Å²) in [6.07, 6.45) is 3.16. The van der Waals surface area contributed by atoms with E-state index in [9.17, 15) is 9.59 Å². The molecular weight excluding hydrogens is 384 g/mol. The first-order valence-electron chi connectivity index (χ1n) is 9.51. The van der Waals surface area contributed by atoms with Crippen LogP contribution in [0.25, 0.3) is 6.08 Å². The van der Waals surface area contributed by atoms with Crippen molar-refractivity contribution < 1.29 is 28.5 Å². The lowest BCUT2D eigenvalue weighted by molar-refractivity contribution is -0.159. The molecule has 0 saturated heterocycles. The summed E-state index contributed by atoms with van der Waals surface area (Å²) in [4.78, 5) is 24.3. The first-order chi connectivity index (χ1) is 14.2. The lowest BCUT2D eigenvalue weighted by atomic mass is 9.98. The van der Waals surface area contributed by atoms with Crippen LogP contribution in [0.4, 0.5) is 0 Å². The number of esters is 1. The molecule has 0 amide bonds. The largest absolute Gasteiger partial charge is 0.496 e. The number of hydrogen-bond donors (Lipinski definition) is 0. The normalized spacial score (nSPS) is 11.3. The third-order valence-corrected chi connectivity index (χ3v) is 4.35. The molecule has 6 nitrogen and oxygen atoms in total. The molecule has 160 valence electrons. The van der Waals surface area contributed by atoms with Crippen molar-refractivity contribution in [2.24, 2.45) is 5.41 Å². The average Bonchev–Trinajstić information content (AvgIpc) is 2.71. The Bertz CT molecular complexity index is 920. The maximum absolute atomic E-state index is 12.5. The number of rotatable bonds is 8. The fraction of sp³-hybridized carbons (Fsp3) is 0.333. The zero-order valence-electron chi connectivity index (χ0n) is 18.3. The van der Waals surface area contributed by atoms with E-state index in [1.54, 1.807) is 65.3 Å². The second-order valence-corrected chi connectivity index (χ2v) is 7.70. The van der Waals surface area contributed by atoms with E-state index in [-0.39, 0.29) is 18.5 Å². The number of benzene rings is 2. The molecule has 0 aromatic heterocycles. The zero-order valence-corrected chi connectivity index (χ0v) is 18.3. The van der Waals surface area contributed by atoms with Crippen molar-refractivity contribution in [3.8, 4) is 17.2 Å². The lowest BCUT2D eigenvalue weighted by Gasteiger charge is -2.16. The lowest BCUT2D eigenvalue weighted by Crippen LogP contribution is -2.24. The minimum atomic E-state index is -0.589. The molecule has 0 unspecified atom stereocenters. The summed E-state index contributed by atoms with van der Waals surface area (Å²) in [6, 6.07) is 10.3. The van der Waals surface area contributed by atoms with E-state index >= 15 is 0 Å². The highest BCUT2D eigenvalue weighted by Crippen LogP contribution is 2.33. The van der Waals surface area contributed by atoms with Gasteiger partial charge in [-0.15, -0.1) is 0 Å². The highest BCUT2D eigenvalue weighted by atomic mass is 16.7. The molecule has 0 spiro atoms. The quantitative estimate of drug-likeness (QED) is 0.268. The third-order valence-electron chi connectivity index (χ3n) is 4.35. The van der Waals surface area contributed by atoms with Crippen LogP contribution in [-0.2, 0) is 9.53 Å². The predicted molar refractivity (Wildman–Crippen MR) is 115 cm³/mol. The van der Waals surface area contributed by atoms with Gasteiger partial charge in [-0.3, -0.25) is 9.59 Å². The summed E-state index contributed by atoms with van der Waals surface area (Å²) in [6.45, 7) is 7.05. The van der Waals surface area contributed by atoms with Gasteiger partial charge in [-0.2, -0.15) is 0 Å². The Morgan fingerprint density at radius 2 is 1.63 bits per heavy atom. The molecule has 2 aromatic rings. The molecule has 0 fully saturated rings. The van der Waals surface area contributed by atoms with Gasteiger partial charge in [0.1, 0.15) is 17.2 Å². The molecule has 0 aliphatic heterocycles. The van der Waals surface area contributed by atoms with Crippen LogP contribution in [0.15, 0.2) is 42.5 Å². The zero-order chi connectivity index (χ0) is 22.3. The summed E-state index contributed by atoms with van der Waals surface area (Å²) in [5.41, 5.74) is 1.55. The van der Waals surface area contributed by atoms with Crippen molar-refractivity contribution >= 4 is 17.8 Å². The standard InChI is InChI=1S/C24H28O6/c1-16-7-14-21(27-5)19(22(16)28-6)12-13-20(25)17-8-10-18(11-9-17)29-15-30-23(26)24(2,3)4/h7-14H,15H2,1-6H3. The first-order valence-corrected chi connectivity index (χ1v) is 9.51. The Morgan fingerprint density at radius 1 is 0.967 bits per heavy atom. The predicted octanol–water partition coefficient (Wildman–Crippen LogP) is 4.83. The van der Waals surface area contributed by atoms with Crippen molar-refractivity contribution in [3.05, 3.63) is 59.2 Å². The van der Waals surface area contributed by atoms with Crippen molar-refractivity contribution in [1.82, 2.24) is 0 Å². The molecule has 0 heterocycles. The fourth-order valence-corrected chi connectivity index (χ4v) is 2.64. The van der Waals surface area contributed by atoms with Crippen LogP contribution in [-0.4, -0.2) is 32.8 Å². The molecule has 2 aromatic carbocycles. The Labute approximate surface area is 177 Å². The van der Waals surface area contributed by atoms with Gasteiger partial charge >= 0.3 is 5.97 Å². The molecule has 0 bridgehead atoms. The molecule has 0 saturated carbocycles. The molecule has 0 N–H and O–H groups in total. The number of carbonyl (C=O) groups excluding carboxylic acids is 2. The van der Waals surface area contributed by atoms with Gasteiger partial charge < -0.3 is 18.9 Å². The van der Waals surface area contributed by atoms with Crippen molar-refractivity contribution in [2.75, 3.05) is 21.0 Å². The van der Waals surface area contributed by atoms with Crippen LogP contribution in [0.3, 0.4) is 0 Å². The topological polar surface area (TPSA) is 71.1 Å². The molecular formula is C24H28O6. The number of ether oxygens (including phenoxy) is 4. The number of allylic oxidation sites excluding steroid dienone is 1. The molecule has 6 heteroatoms. The number of carbonyl (C=O) groups is 2. The van der Waals surface area contributed by atoms with E-state index in [2.05, 4.69) is 0 Å².